The summed E-state index contributed by atoms with van der Waals surface area (Å²) < 4.78 is 0. The maximum absolute atomic E-state index is 13.2. The number of hydrogen-bond donors (Lipinski definition) is 1. The summed E-state index contributed by atoms with van der Waals surface area (Å²) in [5.74, 6) is 0.561. The topological polar surface area (TPSA) is 57.6 Å². The van der Waals surface area contributed by atoms with Crippen molar-refractivity contribution in [2.45, 2.75) is 65.3 Å². The minimum Gasteiger partial charge on any atom is -0.480 e. The van der Waals surface area contributed by atoms with E-state index in [4.69, 9.17) is 5.11 Å². The number of rotatable bonds is 4. The molecule has 0 aliphatic heterocycles. The van der Waals surface area contributed by atoms with Crippen LogP contribution in [0.25, 0.3) is 0 Å². The Bertz CT molecular complexity index is 457. The second kappa shape index (κ2) is 4.72. The second-order valence-electron chi connectivity index (χ2n) is 8.47. The molecule has 2 atom stereocenters. The molecule has 4 aliphatic rings. The number of carboxylic acids is 1. The van der Waals surface area contributed by atoms with Crippen molar-refractivity contribution in [3.8, 4) is 0 Å². The van der Waals surface area contributed by atoms with Crippen LogP contribution in [0.15, 0.2) is 0 Å². The van der Waals surface area contributed by atoms with Gasteiger partial charge in [-0.15, -0.1) is 0 Å². The molecule has 118 valence electrons. The van der Waals surface area contributed by atoms with Gasteiger partial charge in [0.1, 0.15) is 6.54 Å². The molecule has 4 saturated carbocycles. The molecule has 2 unspecified atom stereocenters. The first-order valence-corrected chi connectivity index (χ1v) is 8.26. The van der Waals surface area contributed by atoms with Crippen LogP contribution >= 0.6 is 0 Å². The van der Waals surface area contributed by atoms with E-state index in [1.54, 1.807) is 4.90 Å². The molecule has 0 radical (unpaired) electrons. The standard InChI is InChI=1S/C17H27NO3/c1-11(2)18(9-14(19)20)15(21)17-7-12-4-13(8-17)6-16(3,5-12)10-17/h11-13H,4-10H2,1-3H3,(H,19,20). The number of carbonyl (C=O) groups is 2. The van der Waals surface area contributed by atoms with E-state index >= 15 is 0 Å². The molecule has 1 amide bonds. The fraction of sp³-hybridized carbons (Fsp3) is 0.882. The first-order chi connectivity index (χ1) is 9.73. The van der Waals surface area contributed by atoms with E-state index in [1.165, 1.54) is 19.3 Å². The average Bonchev–Trinajstić information content (AvgIpc) is 2.31. The van der Waals surface area contributed by atoms with Crippen LogP contribution in [0.1, 0.15) is 59.3 Å². The molecule has 4 rings (SSSR count). The van der Waals surface area contributed by atoms with Crippen LogP contribution in [0, 0.1) is 22.7 Å². The highest BCUT2D eigenvalue weighted by molar-refractivity contribution is 5.86. The Morgan fingerprint density at radius 2 is 1.76 bits per heavy atom. The second-order valence-corrected chi connectivity index (χ2v) is 8.47. The fourth-order valence-corrected chi connectivity index (χ4v) is 5.91. The first kappa shape index (κ1) is 14.9. The van der Waals surface area contributed by atoms with Crippen LogP contribution in [0.5, 0.6) is 0 Å². The Hall–Kier alpha value is -1.06. The summed E-state index contributed by atoms with van der Waals surface area (Å²) in [5, 5.41) is 9.12. The van der Waals surface area contributed by atoms with Crippen molar-refractivity contribution in [2.24, 2.45) is 22.7 Å². The van der Waals surface area contributed by atoms with E-state index in [2.05, 4.69) is 6.92 Å². The lowest BCUT2D eigenvalue weighted by molar-refractivity contribution is -0.170. The number of amides is 1. The third-order valence-corrected chi connectivity index (χ3v) is 6.00. The summed E-state index contributed by atoms with van der Waals surface area (Å²) in [6.07, 6.45) is 6.75. The minimum atomic E-state index is -0.909. The molecule has 0 spiro atoms. The molecule has 1 N–H and O–H groups in total. The van der Waals surface area contributed by atoms with Crippen LogP contribution in [0.3, 0.4) is 0 Å². The molecule has 0 aromatic carbocycles. The van der Waals surface area contributed by atoms with Crippen LogP contribution in [0.2, 0.25) is 0 Å². The van der Waals surface area contributed by atoms with E-state index in [0.717, 1.165) is 19.3 Å². The highest BCUT2D eigenvalue weighted by atomic mass is 16.4. The van der Waals surface area contributed by atoms with E-state index < -0.39 is 5.97 Å². The summed E-state index contributed by atoms with van der Waals surface area (Å²) >= 11 is 0. The maximum Gasteiger partial charge on any atom is 0.323 e. The van der Waals surface area contributed by atoms with Gasteiger partial charge in [-0.3, -0.25) is 9.59 Å². The summed E-state index contributed by atoms with van der Waals surface area (Å²) in [4.78, 5) is 25.9. The van der Waals surface area contributed by atoms with Crippen molar-refractivity contribution in [1.82, 2.24) is 4.90 Å². The van der Waals surface area contributed by atoms with E-state index in [0.29, 0.717) is 17.3 Å². The van der Waals surface area contributed by atoms with Crippen LogP contribution in [-0.4, -0.2) is 34.5 Å². The number of aliphatic carboxylic acids is 1. The van der Waals surface area contributed by atoms with E-state index in [-0.39, 0.29) is 23.9 Å². The lowest BCUT2D eigenvalue weighted by Gasteiger charge is -2.61. The number of carbonyl (C=O) groups excluding carboxylic acids is 1. The summed E-state index contributed by atoms with van der Waals surface area (Å²) in [6.45, 7) is 6.01. The quantitative estimate of drug-likeness (QED) is 0.867. The van der Waals surface area contributed by atoms with Crippen molar-refractivity contribution < 1.29 is 14.7 Å². The van der Waals surface area contributed by atoms with E-state index in [9.17, 15) is 9.59 Å². The summed E-state index contributed by atoms with van der Waals surface area (Å²) in [7, 11) is 0. The molecule has 4 fully saturated rings. The first-order valence-electron chi connectivity index (χ1n) is 8.26. The van der Waals surface area contributed by atoms with Crippen molar-refractivity contribution in [1.29, 1.82) is 0 Å². The third-order valence-electron chi connectivity index (χ3n) is 6.00. The number of hydrogen-bond acceptors (Lipinski definition) is 2. The van der Waals surface area contributed by atoms with Gasteiger partial charge in [0.05, 0.1) is 5.41 Å². The fourth-order valence-electron chi connectivity index (χ4n) is 5.91. The monoisotopic (exact) mass is 293 g/mol. The molecule has 0 aromatic rings. The molecular weight excluding hydrogens is 266 g/mol. The lowest BCUT2D eigenvalue weighted by Crippen LogP contribution is -2.59. The van der Waals surface area contributed by atoms with Crippen molar-refractivity contribution in [2.75, 3.05) is 6.54 Å². The normalized spacial score (nSPS) is 40.6. The highest BCUT2D eigenvalue weighted by Gasteiger charge is 2.59. The number of nitrogens with zero attached hydrogens (tertiary/aromatic N) is 1. The predicted octanol–water partition coefficient (Wildman–Crippen LogP) is 2.91. The maximum atomic E-state index is 13.2. The SMILES string of the molecule is CC(C)N(CC(=O)O)C(=O)C12CC3CC(CC(C)(C3)C1)C2. The van der Waals surface area contributed by atoms with Gasteiger partial charge in [-0.1, -0.05) is 6.92 Å². The largest absolute Gasteiger partial charge is 0.480 e. The van der Waals surface area contributed by atoms with Gasteiger partial charge in [0.15, 0.2) is 0 Å². The van der Waals surface area contributed by atoms with Gasteiger partial charge in [-0.2, -0.15) is 0 Å². The summed E-state index contributed by atoms with van der Waals surface area (Å²) in [5.41, 5.74) is 0.0458. The van der Waals surface area contributed by atoms with Gasteiger partial charge < -0.3 is 10.0 Å². The predicted molar refractivity (Wildman–Crippen MR) is 79.7 cm³/mol. The molecule has 0 aromatic heterocycles. The molecule has 4 bridgehead atoms. The van der Waals surface area contributed by atoms with Crippen molar-refractivity contribution >= 4 is 11.9 Å². The van der Waals surface area contributed by atoms with Crippen molar-refractivity contribution in [3.63, 3.8) is 0 Å². The van der Waals surface area contributed by atoms with Gasteiger partial charge in [-0.25, -0.2) is 0 Å². The highest BCUT2D eigenvalue weighted by Crippen LogP contribution is 2.65. The Morgan fingerprint density at radius 1 is 1.19 bits per heavy atom. The zero-order chi connectivity index (χ0) is 15.4. The van der Waals surface area contributed by atoms with Gasteiger partial charge in [-0.05, 0) is 69.6 Å². The van der Waals surface area contributed by atoms with Crippen LogP contribution < -0.4 is 0 Å². The van der Waals surface area contributed by atoms with Gasteiger partial charge in [0.2, 0.25) is 5.91 Å². The minimum absolute atomic E-state index is 0.0468. The van der Waals surface area contributed by atoms with Gasteiger partial charge >= 0.3 is 5.97 Å². The Labute approximate surface area is 126 Å². The molecule has 4 heteroatoms. The third kappa shape index (κ3) is 2.47. The molecule has 4 nitrogen and oxygen atoms in total. The number of carboxylic acid groups (broad SMARTS) is 1. The summed E-state index contributed by atoms with van der Waals surface area (Å²) in [6, 6.07) is -0.0468. The average molecular weight is 293 g/mol. The molecule has 0 heterocycles. The Balaban J connectivity index is 1.87. The van der Waals surface area contributed by atoms with E-state index in [1.807, 2.05) is 13.8 Å². The van der Waals surface area contributed by atoms with Crippen LogP contribution in [0.4, 0.5) is 0 Å². The zero-order valence-corrected chi connectivity index (χ0v) is 13.4. The Kier molecular flexibility index (Phi) is 3.34. The lowest BCUT2D eigenvalue weighted by atomic mass is 9.44. The molecule has 21 heavy (non-hydrogen) atoms. The van der Waals surface area contributed by atoms with Crippen molar-refractivity contribution in [3.05, 3.63) is 0 Å². The molecule has 4 aliphatic carbocycles. The van der Waals surface area contributed by atoms with Gasteiger partial charge in [0, 0.05) is 6.04 Å². The zero-order valence-electron chi connectivity index (χ0n) is 13.4. The Morgan fingerprint density at radius 3 is 2.19 bits per heavy atom. The molecular formula is C17H27NO3. The van der Waals surface area contributed by atoms with Gasteiger partial charge in [0.25, 0.3) is 0 Å². The smallest absolute Gasteiger partial charge is 0.323 e. The van der Waals surface area contributed by atoms with Crippen LogP contribution in [-0.2, 0) is 9.59 Å². The molecule has 0 saturated heterocycles.